The van der Waals surface area contributed by atoms with Gasteiger partial charge in [0.25, 0.3) is 0 Å². The van der Waals surface area contributed by atoms with Crippen LogP contribution in [0.1, 0.15) is 60.3 Å². The Morgan fingerprint density at radius 2 is 1.94 bits per heavy atom. The molecular weight excluding hydrogens is 198 g/mol. The van der Waals surface area contributed by atoms with Crippen LogP contribution in [0.5, 0.6) is 0 Å². The second-order valence-electron chi connectivity index (χ2n) is 6.78. The van der Waals surface area contributed by atoms with Gasteiger partial charge in [-0.15, -0.1) is 0 Å². The van der Waals surface area contributed by atoms with Gasteiger partial charge in [0, 0.05) is 12.1 Å². The summed E-state index contributed by atoms with van der Waals surface area (Å²) in [6.07, 6.45) is 5.21. The third-order valence-corrected chi connectivity index (χ3v) is 4.07. The first-order valence-electron chi connectivity index (χ1n) is 6.80. The Labute approximate surface area is 100 Å². The predicted octanol–water partition coefficient (Wildman–Crippen LogP) is 3.11. The molecule has 0 aromatic rings. The van der Waals surface area contributed by atoms with Crippen LogP contribution in [0.2, 0.25) is 0 Å². The number of rotatable bonds is 4. The predicted molar refractivity (Wildman–Crippen MR) is 67.6 cm³/mol. The zero-order valence-corrected chi connectivity index (χ0v) is 11.5. The van der Waals surface area contributed by atoms with Crippen LogP contribution in [0.3, 0.4) is 0 Å². The fourth-order valence-electron chi connectivity index (χ4n) is 3.22. The molecule has 1 saturated heterocycles. The molecule has 1 aliphatic heterocycles. The monoisotopic (exact) mass is 225 g/mol. The van der Waals surface area contributed by atoms with Crippen LogP contribution < -0.4 is 5.32 Å². The van der Waals surface area contributed by atoms with E-state index in [9.17, 15) is 0 Å². The minimum atomic E-state index is -0.0111. The molecule has 0 bridgehead atoms. The van der Waals surface area contributed by atoms with E-state index in [1.54, 1.807) is 0 Å². The Bertz CT molecular complexity index is 259. The molecule has 1 saturated carbocycles. The van der Waals surface area contributed by atoms with Crippen LogP contribution in [0, 0.1) is 5.92 Å². The van der Waals surface area contributed by atoms with Gasteiger partial charge in [-0.3, -0.25) is 0 Å². The Balaban J connectivity index is 1.87. The fraction of sp³-hybridized carbons (Fsp3) is 1.00. The van der Waals surface area contributed by atoms with Gasteiger partial charge in [-0.2, -0.15) is 0 Å². The molecule has 2 fully saturated rings. The number of hydrogen-bond donors (Lipinski definition) is 1. The first-order valence-corrected chi connectivity index (χ1v) is 6.80. The second kappa shape index (κ2) is 3.99. The van der Waals surface area contributed by atoms with Gasteiger partial charge in [-0.25, -0.2) is 0 Å². The molecule has 1 heterocycles. The fourth-order valence-corrected chi connectivity index (χ4v) is 3.22. The third kappa shape index (κ3) is 2.60. The van der Waals surface area contributed by atoms with E-state index in [1.165, 1.54) is 19.3 Å². The van der Waals surface area contributed by atoms with Crippen LogP contribution in [-0.2, 0) is 4.74 Å². The number of nitrogens with one attached hydrogen (secondary N) is 1. The Hall–Kier alpha value is -0.0800. The zero-order valence-electron chi connectivity index (χ0n) is 11.5. The summed E-state index contributed by atoms with van der Waals surface area (Å²) in [5, 5.41) is 3.81. The van der Waals surface area contributed by atoms with Gasteiger partial charge in [0.15, 0.2) is 0 Å². The molecule has 2 aliphatic rings. The molecule has 94 valence electrons. The smallest absolute Gasteiger partial charge is 0.0787 e. The molecule has 3 unspecified atom stereocenters. The first-order chi connectivity index (χ1) is 7.34. The van der Waals surface area contributed by atoms with E-state index in [4.69, 9.17) is 4.74 Å². The summed E-state index contributed by atoms with van der Waals surface area (Å²) in [7, 11) is 0. The largest absolute Gasteiger partial charge is 0.368 e. The van der Waals surface area contributed by atoms with Crippen molar-refractivity contribution in [3.05, 3.63) is 0 Å². The van der Waals surface area contributed by atoms with Crippen molar-refractivity contribution >= 4 is 0 Å². The van der Waals surface area contributed by atoms with Gasteiger partial charge < -0.3 is 10.1 Å². The van der Waals surface area contributed by atoms with Crippen LogP contribution in [0.4, 0.5) is 0 Å². The lowest BCUT2D eigenvalue weighted by atomic mass is 9.94. The van der Waals surface area contributed by atoms with Crippen molar-refractivity contribution in [3.63, 3.8) is 0 Å². The highest BCUT2D eigenvalue weighted by Crippen LogP contribution is 2.41. The van der Waals surface area contributed by atoms with Gasteiger partial charge in [0.05, 0.1) is 11.2 Å². The maximum absolute atomic E-state index is 6.11. The minimum Gasteiger partial charge on any atom is -0.368 e. The summed E-state index contributed by atoms with van der Waals surface area (Å²) < 4.78 is 6.11. The van der Waals surface area contributed by atoms with E-state index in [-0.39, 0.29) is 11.2 Å². The zero-order chi connectivity index (χ0) is 12.0. The standard InChI is InChI=1S/C14H27NO/c1-6-7-10-8-11(10)15-12-9-13(2,3)16-14(12,4)5/h10-12,15H,6-9H2,1-5H3. The normalized spacial score (nSPS) is 39.9. The van der Waals surface area contributed by atoms with Crippen molar-refractivity contribution in [2.45, 2.75) is 83.6 Å². The van der Waals surface area contributed by atoms with Crippen LogP contribution in [0.15, 0.2) is 0 Å². The van der Waals surface area contributed by atoms with E-state index in [0.717, 1.165) is 18.4 Å². The van der Waals surface area contributed by atoms with Crippen molar-refractivity contribution in [3.8, 4) is 0 Å². The van der Waals surface area contributed by atoms with E-state index in [1.807, 2.05) is 0 Å². The van der Waals surface area contributed by atoms with Crippen molar-refractivity contribution in [2.75, 3.05) is 0 Å². The van der Waals surface area contributed by atoms with E-state index < -0.39 is 0 Å². The molecule has 0 aromatic heterocycles. The maximum Gasteiger partial charge on any atom is 0.0787 e. The van der Waals surface area contributed by atoms with Crippen LogP contribution >= 0.6 is 0 Å². The van der Waals surface area contributed by atoms with E-state index in [2.05, 4.69) is 39.9 Å². The number of hydrogen-bond acceptors (Lipinski definition) is 2. The molecule has 2 rings (SSSR count). The Kier molecular flexibility index (Phi) is 3.09. The summed E-state index contributed by atoms with van der Waals surface area (Å²) >= 11 is 0. The molecule has 0 aromatic carbocycles. The van der Waals surface area contributed by atoms with Crippen molar-refractivity contribution < 1.29 is 4.74 Å². The topological polar surface area (TPSA) is 21.3 Å². The van der Waals surface area contributed by atoms with Gasteiger partial charge in [0.1, 0.15) is 0 Å². The van der Waals surface area contributed by atoms with Crippen molar-refractivity contribution in [2.24, 2.45) is 5.92 Å². The van der Waals surface area contributed by atoms with E-state index >= 15 is 0 Å². The quantitative estimate of drug-likeness (QED) is 0.794. The molecule has 0 spiro atoms. The van der Waals surface area contributed by atoms with Crippen LogP contribution in [0.25, 0.3) is 0 Å². The molecule has 1 aliphatic carbocycles. The molecular formula is C14H27NO. The first kappa shape index (κ1) is 12.4. The van der Waals surface area contributed by atoms with Crippen molar-refractivity contribution in [1.82, 2.24) is 5.32 Å². The van der Waals surface area contributed by atoms with Gasteiger partial charge >= 0.3 is 0 Å². The van der Waals surface area contributed by atoms with Crippen molar-refractivity contribution in [1.29, 1.82) is 0 Å². The number of ether oxygens (including phenoxy) is 1. The Morgan fingerprint density at radius 3 is 2.44 bits per heavy atom. The van der Waals surface area contributed by atoms with Gasteiger partial charge in [-0.05, 0) is 52.9 Å². The molecule has 0 amide bonds. The lowest BCUT2D eigenvalue weighted by molar-refractivity contribution is -0.0700. The van der Waals surface area contributed by atoms with Gasteiger partial charge in [-0.1, -0.05) is 13.3 Å². The summed E-state index contributed by atoms with van der Waals surface area (Å²) in [6.45, 7) is 11.1. The molecule has 3 atom stereocenters. The molecule has 2 nitrogen and oxygen atoms in total. The summed E-state index contributed by atoms with van der Waals surface area (Å²) in [4.78, 5) is 0. The lowest BCUT2D eigenvalue weighted by Crippen LogP contribution is -2.44. The van der Waals surface area contributed by atoms with Gasteiger partial charge in [0.2, 0.25) is 0 Å². The second-order valence-corrected chi connectivity index (χ2v) is 6.78. The summed E-state index contributed by atoms with van der Waals surface area (Å²) in [5.74, 6) is 0.935. The average molecular weight is 225 g/mol. The molecule has 2 heteroatoms. The third-order valence-electron chi connectivity index (χ3n) is 4.07. The molecule has 0 radical (unpaired) electrons. The van der Waals surface area contributed by atoms with Crippen LogP contribution in [-0.4, -0.2) is 23.3 Å². The summed E-state index contributed by atoms with van der Waals surface area (Å²) in [5.41, 5.74) is 0.0269. The summed E-state index contributed by atoms with van der Waals surface area (Å²) in [6, 6.07) is 1.29. The van der Waals surface area contributed by atoms with E-state index in [0.29, 0.717) is 6.04 Å². The Morgan fingerprint density at radius 1 is 1.25 bits per heavy atom. The molecule has 1 N–H and O–H groups in total. The average Bonchev–Trinajstić information content (AvgIpc) is 2.75. The SMILES string of the molecule is CCCC1CC1NC1CC(C)(C)OC1(C)C. The highest BCUT2D eigenvalue weighted by molar-refractivity contribution is 5.04. The lowest BCUT2D eigenvalue weighted by Gasteiger charge is -2.28. The highest BCUT2D eigenvalue weighted by atomic mass is 16.5. The maximum atomic E-state index is 6.11. The highest BCUT2D eigenvalue weighted by Gasteiger charge is 2.49. The minimum absolute atomic E-state index is 0.0111. The molecule has 16 heavy (non-hydrogen) atoms.